The van der Waals surface area contributed by atoms with Crippen molar-refractivity contribution in [1.29, 1.82) is 5.26 Å². The van der Waals surface area contributed by atoms with Crippen molar-refractivity contribution in [3.8, 4) is 6.07 Å². The molecule has 0 N–H and O–H groups in total. The quantitative estimate of drug-likeness (QED) is 0.770. The molecule has 0 aromatic heterocycles. The van der Waals surface area contributed by atoms with Gasteiger partial charge in [-0.25, -0.2) is 21.2 Å². The monoisotopic (exact) mass is 304 g/mol. The molecule has 0 spiro atoms. The fourth-order valence-corrected chi connectivity index (χ4v) is 5.36. The van der Waals surface area contributed by atoms with Crippen molar-refractivity contribution in [3.63, 3.8) is 0 Å². The van der Waals surface area contributed by atoms with Crippen LogP contribution in [0.4, 0.5) is 4.39 Å². The number of sulfonamides is 1. The van der Waals surface area contributed by atoms with E-state index in [2.05, 4.69) is 0 Å². The van der Waals surface area contributed by atoms with Gasteiger partial charge in [-0.15, -0.1) is 0 Å². The summed E-state index contributed by atoms with van der Waals surface area (Å²) in [6, 6.07) is 4.70. The highest BCUT2D eigenvalue weighted by molar-refractivity contribution is 7.94. The van der Waals surface area contributed by atoms with Crippen LogP contribution in [0.25, 0.3) is 0 Å². The fourth-order valence-electron chi connectivity index (χ4n) is 1.75. The minimum absolute atomic E-state index is 0.188. The van der Waals surface area contributed by atoms with Crippen LogP contribution in [0.15, 0.2) is 23.1 Å². The molecule has 9 heteroatoms. The SMILES string of the molecule is N#Cc1c(F)cccc1S(=O)(=O)N1CCS(=O)(=O)C1. The molecule has 0 amide bonds. The third-order valence-electron chi connectivity index (χ3n) is 2.70. The van der Waals surface area contributed by atoms with Crippen molar-refractivity contribution in [1.82, 2.24) is 4.31 Å². The van der Waals surface area contributed by atoms with Crippen molar-refractivity contribution in [2.75, 3.05) is 18.2 Å². The van der Waals surface area contributed by atoms with Crippen LogP contribution in [0.3, 0.4) is 0 Å². The molecule has 0 bridgehead atoms. The normalized spacial score (nSPS) is 19.2. The summed E-state index contributed by atoms with van der Waals surface area (Å²) in [7, 11) is -7.63. The molecular formula is C10H9FN2O4S2. The number of halogens is 1. The molecule has 0 radical (unpaired) electrons. The number of hydrogen-bond acceptors (Lipinski definition) is 5. The Morgan fingerprint density at radius 3 is 2.58 bits per heavy atom. The maximum atomic E-state index is 13.4. The van der Waals surface area contributed by atoms with Crippen LogP contribution >= 0.6 is 0 Å². The fraction of sp³-hybridized carbons (Fsp3) is 0.300. The van der Waals surface area contributed by atoms with E-state index >= 15 is 0 Å². The zero-order valence-corrected chi connectivity index (χ0v) is 11.2. The Kier molecular flexibility index (Phi) is 3.34. The highest BCUT2D eigenvalue weighted by Gasteiger charge is 2.36. The summed E-state index contributed by atoms with van der Waals surface area (Å²) in [6.07, 6.45) is 0. The highest BCUT2D eigenvalue weighted by atomic mass is 32.2. The largest absolute Gasteiger partial charge is 0.245 e. The third kappa shape index (κ3) is 2.47. The van der Waals surface area contributed by atoms with Crippen LogP contribution in [0, 0.1) is 17.1 Å². The summed E-state index contributed by atoms with van der Waals surface area (Å²) < 4.78 is 61.1. The summed E-state index contributed by atoms with van der Waals surface area (Å²) >= 11 is 0. The first-order valence-electron chi connectivity index (χ1n) is 5.17. The van der Waals surface area contributed by atoms with Gasteiger partial charge in [0.2, 0.25) is 10.0 Å². The molecule has 2 rings (SSSR count). The van der Waals surface area contributed by atoms with Crippen LogP contribution in [0.2, 0.25) is 0 Å². The Balaban J connectivity index is 2.54. The maximum Gasteiger partial charge on any atom is 0.245 e. The second kappa shape index (κ2) is 4.56. The Hall–Kier alpha value is -1.50. The first-order chi connectivity index (χ1) is 8.78. The molecule has 1 fully saturated rings. The van der Waals surface area contributed by atoms with Gasteiger partial charge in [-0.05, 0) is 12.1 Å². The van der Waals surface area contributed by atoms with E-state index in [1.165, 1.54) is 6.07 Å². The van der Waals surface area contributed by atoms with E-state index in [9.17, 15) is 21.2 Å². The Bertz CT molecular complexity index is 765. The Labute approximate surface area is 110 Å². The smallest absolute Gasteiger partial charge is 0.227 e. The number of benzene rings is 1. The van der Waals surface area contributed by atoms with Crippen molar-refractivity contribution in [3.05, 3.63) is 29.6 Å². The molecular weight excluding hydrogens is 295 g/mol. The Morgan fingerprint density at radius 1 is 1.37 bits per heavy atom. The number of rotatable bonds is 2. The average molecular weight is 304 g/mol. The van der Waals surface area contributed by atoms with E-state index < -0.39 is 42.0 Å². The van der Waals surface area contributed by atoms with Gasteiger partial charge in [-0.1, -0.05) is 6.07 Å². The van der Waals surface area contributed by atoms with Gasteiger partial charge in [0.05, 0.1) is 5.75 Å². The number of nitriles is 1. The minimum Gasteiger partial charge on any atom is -0.227 e. The summed E-state index contributed by atoms with van der Waals surface area (Å²) in [4.78, 5) is -0.507. The standard InChI is InChI=1S/C10H9FN2O4S2/c11-9-2-1-3-10(8(9)6-12)19(16,17)13-4-5-18(14,15)7-13/h1-3H,4-5,7H2. The predicted molar refractivity (Wildman–Crippen MR) is 63.7 cm³/mol. The molecule has 0 saturated carbocycles. The van der Waals surface area contributed by atoms with E-state index in [0.717, 1.165) is 22.5 Å². The lowest BCUT2D eigenvalue weighted by molar-refractivity contribution is 0.485. The molecule has 19 heavy (non-hydrogen) atoms. The predicted octanol–water partition coefficient (Wildman–Crippen LogP) is 0.0740. The van der Waals surface area contributed by atoms with Gasteiger partial charge in [0.15, 0.2) is 9.84 Å². The molecule has 6 nitrogen and oxygen atoms in total. The summed E-state index contributed by atoms with van der Waals surface area (Å²) in [5.74, 6) is -1.87. The van der Waals surface area contributed by atoms with Gasteiger partial charge in [0.25, 0.3) is 0 Å². The first kappa shape index (κ1) is 13.9. The minimum atomic E-state index is -4.18. The van der Waals surface area contributed by atoms with Crippen molar-refractivity contribution >= 4 is 19.9 Å². The van der Waals surface area contributed by atoms with Gasteiger partial charge in [0.1, 0.15) is 28.2 Å². The van der Waals surface area contributed by atoms with Crippen molar-refractivity contribution in [2.24, 2.45) is 0 Å². The molecule has 1 aromatic rings. The van der Waals surface area contributed by atoms with Crippen molar-refractivity contribution in [2.45, 2.75) is 4.90 Å². The van der Waals surface area contributed by atoms with Crippen LogP contribution < -0.4 is 0 Å². The van der Waals surface area contributed by atoms with Crippen LogP contribution in [0.5, 0.6) is 0 Å². The van der Waals surface area contributed by atoms with E-state index in [1.54, 1.807) is 0 Å². The zero-order chi connectivity index (χ0) is 14.3. The average Bonchev–Trinajstić information content (AvgIpc) is 2.70. The summed E-state index contributed by atoms with van der Waals surface area (Å²) in [6.45, 7) is -0.188. The lowest BCUT2D eigenvalue weighted by atomic mass is 10.2. The zero-order valence-electron chi connectivity index (χ0n) is 9.58. The second-order valence-electron chi connectivity index (χ2n) is 3.98. The molecule has 0 atom stereocenters. The van der Waals surface area contributed by atoms with E-state index in [4.69, 9.17) is 5.26 Å². The van der Waals surface area contributed by atoms with E-state index in [1.807, 2.05) is 0 Å². The molecule has 1 saturated heterocycles. The van der Waals surface area contributed by atoms with Crippen molar-refractivity contribution < 1.29 is 21.2 Å². The van der Waals surface area contributed by atoms with Crippen LogP contribution in [-0.2, 0) is 19.9 Å². The van der Waals surface area contributed by atoms with Gasteiger partial charge < -0.3 is 0 Å². The number of sulfone groups is 1. The van der Waals surface area contributed by atoms with Gasteiger partial charge >= 0.3 is 0 Å². The molecule has 1 aromatic carbocycles. The summed E-state index contributed by atoms with van der Waals surface area (Å²) in [5, 5.41) is 8.82. The molecule has 0 unspecified atom stereocenters. The van der Waals surface area contributed by atoms with Crippen LogP contribution in [-0.4, -0.2) is 39.3 Å². The molecule has 1 aliphatic heterocycles. The lowest BCUT2D eigenvalue weighted by Gasteiger charge is -2.15. The number of hydrogen-bond donors (Lipinski definition) is 0. The Morgan fingerprint density at radius 2 is 2.05 bits per heavy atom. The van der Waals surface area contributed by atoms with Gasteiger partial charge in [0, 0.05) is 6.54 Å². The second-order valence-corrected chi connectivity index (χ2v) is 8.04. The molecule has 102 valence electrons. The van der Waals surface area contributed by atoms with E-state index in [0.29, 0.717) is 0 Å². The van der Waals surface area contributed by atoms with Gasteiger partial charge in [-0.3, -0.25) is 0 Å². The maximum absolute atomic E-state index is 13.4. The topological polar surface area (TPSA) is 95.3 Å². The summed E-state index contributed by atoms with van der Waals surface area (Å²) in [5.41, 5.74) is -0.605. The first-order valence-corrected chi connectivity index (χ1v) is 8.43. The lowest BCUT2D eigenvalue weighted by Crippen LogP contribution is -2.29. The molecule has 1 heterocycles. The van der Waals surface area contributed by atoms with E-state index in [-0.39, 0.29) is 12.3 Å². The molecule has 0 aliphatic carbocycles. The third-order valence-corrected chi connectivity index (χ3v) is 6.26. The van der Waals surface area contributed by atoms with Gasteiger partial charge in [-0.2, -0.15) is 9.57 Å². The van der Waals surface area contributed by atoms with Crippen LogP contribution in [0.1, 0.15) is 5.56 Å². The molecule has 1 aliphatic rings. The number of nitrogens with zero attached hydrogens (tertiary/aromatic N) is 2. The highest BCUT2D eigenvalue weighted by Crippen LogP contribution is 2.24.